The normalized spacial score (nSPS) is 21.5. The van der Waals surface area contributed by atoms with E-state index in [1.807, 2.05) is 13.8 Å². The molecule has 4 heteroatoms. The number of allylic oxidation sites excluding steroid dienone is 2. The maximum atomic E-state index is 10.2. The first-order valence-corrected chi connectivity index (χ1v) is 13.8. The van der Waals surface area contributed by atoms with E-state index in [2.05, 4.69) is 40.7 Å². The van der Waals surface area contributed by atoms with Crippen molar-refractivity contribution in [3.05, 3.63) is 11.6 Å². The molecule has 0 bridgehead atoms. The third kappa shape index (κ3) is 16.0. The van der Waals surface area contributed by atoms with Crippen molar-refractivity contribution in [3.8, 4) is 0 Å². The van der Waals surface area contributed by atoms with E-state index in [-0.39, 0.29) is 6.10 Å². The lowest BCUT2D eigenvalue weighted by Gasteiger charge is -2.20. The summed E-state index contributed by atoms with van der Waals surface area (Å²) in [6, 6.07) is 0. The quantitative estimate of drug-likeness (QED) is 0.156. The molecule has 1 rings (SSSR count). The second-order valence-electron chi connectivity index (χ2n) is 11.6. The Morgan fingerprint density at radius 2 is 1.58 bits per heavy atom. The minimum absolute atomic E-state index is 0.289. The molecule has 4 nitrogen and oxygen atoms in total. The predicted molar refractivity (Wildman–Crippen MR) is 139 cm³/mol. The van der Waals surface area contributed by atoms with Crippen LogP contribution in [0.1, 0.15) is 119 Å². The fraction of sp³-hybridized carbons (Fsp3) is 0.931. The summed E-state index contributed by atoms with van der Waals surface area (Å²) < 4.78 is 16.8. The molecule has 1 aliphatic rings. The van der Waals surface area contributed by atoms with E-state index >= 15 is 0 Å². The van der Waals surface area contributed by atoms with Crippen LogP contribution in [-0.4, -0.2) is 42.9 Å². The van der Waals surface area contributed by atoms with E-state index < -0.39 is 11.9 Å². The molecule has 4 atom stereocenters. The van der Waals surface area contributed by atoms with Gasteiger partial charge in [-0.1, -0.05) is 84.3 Å². The second-order valence-corrected chi connectivity index (χ2v) is 11.6. The van der Waals surface area contributed by atoms with Crippen LogP contribution >= 0.6 is 0 Å². The SMILES string of the molecule is C/C(=C\CCCOC[C@@H](O)[C@@H]1COC(C)(C)O1)CCCC(C)CCCC(C)CCCC(C)C. The van der Waals surface area contributed by atoms with Crippen molar-refractivity contribution in [2.24, 2.45) is 17.8 Å². The van der Waals surface area contributed by atoms with E-state index in [1.54, 1.807) is 0 Å². The maximum absolute atomic E-state index is 10.2. The van der Waals surface area contributed by atoms with Gasteiger partial charge in [0, 0.05) is 6.61 Å². The summed E-state index contributed by atoms with van der Waals surface area (Å²) in [5.74, 6) is 1.99. The van der Waals surface area contributed by atoms with Crippen LogP contribution in [0.25, 0.3) is 0 Å². The summed E-state index contributed by atoms with van der Waals surface area (Å²) in [5.41, 5.74) is 1.50. The molecule has 1 heterocycles. The molecular formula is C29H56O4. The monoisotopic (exact) mass is 468 g/mol. The highest BCUT2D eigenvalue weighted by molar-refractivity contribution is 4.97. The van der Waals surface area contributed by atoms with Gasteiger partial charge in [-0.2, -0.15) is 0 Å². The van der Waals surface area contributed by atoms with E-state index in [9.17, 15) is 5.11 Å². The lowest BCUT2D eigenvalue weighted by molar-refractivity contribution is -0.155. The van der Waals surface area contributed by atoms with Gasteiger partial charge in [-0.25, -0.2) is 0 Å². The lowest BCUT2D eigenvalue weighted by Crippen LogP contribution is -2.34. The largest absolute Gasteiger partial charge is 0.388 e. The van der Waals surface area contributed by atoms with Gasteiger partial charge in [0.05, 0.1) is 13.2 Å². The first-order chi connectivity index (χ1) is 15.6. The number of unbranched alkanes of at least 4 members (excludes halogenated alkanes) is 1. The summed E-state index contributed by atoms with van der Waals surface area (Å²) in [6.07, 6.45) is 15.7. The maximum Gasteiger partial charge on any atom is 0.163 e. The molecule has 1 aliphatic heterocycles. The van der Waals surface area contributed by atoms with Crippen LogP contribution in [0.15, 0.2) is 11.6 Å². The van der Waals surface area contributed by atoms with Crippen molar-refractivity contribution in [2.75, 3.05) is 19.8 Å². The number of rotatable bonds is 19. The topological polar surface area (TPSA) is 47.9 Å². The highest BCUT2D eigenvalue weighted by atomic mass is 16.7. The Kier molecular flexibility index (Phi) is 15.8. The van der Waals surface area contributed by atoms with Crippen molar-refractivity contribution in [3.63, 3.8) is 0 Å². The molecule has 0 saturated carbocycles. The molecule has 1 N–H and O–H groups in total. The molecular weight excluding hydrogens is 412 g/mol. The average Bonchev–Trinajstić information content (AvgIpc) is 3.10. The number of ether oxygens (including phenoxy) is 3. The van der Waals surface area contributed by atoms with Gasteiger partial charge in [0.25, 0.3) is 0 Å². The zero-order valence-electron chi connectivity index (χ0n) is 23.0. The summed E-state index contributed by atoms with van der Waals surface area (Å²) in [5, 5.41) is 10.2. The van der Waals surface area contributed by atoms with Crippen molar-refractivity contribution in [1.29, 1.82) is 0 Å². The van der Waals surface area contributed by atoms with Gasteiger partial charge in [-0.3, -0.25) is 0 Å². The molecule has 0 aromatic heterocycles. The van der Waals surface area contributed by atoms with Crippen molar-refractivity contribution in [1.82, 2.24) is 0 Å². The fourth-order valence-corrected chi connectivity index (χ4v) is 4.56. The van der Waals surface area contributed by atoms with E-state index in [4.69, 9.17) is 14.2 Å². The van der Waals surface area contributed by atoms with Crippen LogP contribution in [0.4, 0.5) is 0 Å². The predicted octanol–water partition coefficient (Wildman–Crippen LogP) is 7.68. The minimum Gasteiger partial charge on any atom is -0.388 e. The third-order valence-corrected chi connectivity index (χ3v) is 6.87. The van der Waals surface area contributed by atoms with Crippen LogP contribution < -0.4 is 0 Å². The minimum atomic E-state index is -0.626. The Morgan fingerprint density at radius 3 is 2.15 bits per heavy atom. The molecule has 0 aromatic carbocycles. The van der Waals surface area contributed by atoms with Gasteiger partial charge in [0.1, 0.15) is 12.2 Å². The van der Waals surface area contributed by atoms with Crippen LogP contribution in [0.2, 0.25) is 0 Å². The van der Waals surface area contributed by atoms with Gasteiger partial charge in [0.15, 0.2) is 5.79 Å². The Morgan fingerprint density at radius 1 is 0.970 bits per heavy atom. The Balaban J connectivity index is 1.98. The Labute approximate surface area is 205 Å². The van der Waals surface area contributed by atoms with Gasteiger partial charge in [0.2, 0.25) is 0 Å². The molecule has 1 fully saturated rings. The molecule has 1 saturated heterocycles. The first-order valence-electron chi connectivity index (χ1n) is 13.8. The first kappa shape index (κ1) is 30.6. The molecule has 33 heavy (non-hydrogen) atoms. The van der Waals surface area contributed by atoms with Crippen LogP contribution in [0.5, 0.6) is 0 Å². The van der Waals surface area contributed by atoms with Crippen LogP contribution in [0, 0.1) is 17.8 Å². The molecule has 0 radical (unpaired) electrons. The molecule has 0 amide bonds. The van der Waals surface area contributed by atoms with Crippen molar-refractivity contribution < 1.29 is 19.3 Å². The number of hydrogen-bond donors (Lipinski definition) is 1. The number of aliphatic hydroxyl groups excluding tert-OH is 1. The molecule has 196 valence electrons. The third-order valence-electron chi connectivity index (χ3n) is 6.87. The summed E-state index contributed by atoms with van der Waals surface area (Å²) in [7, 11) is 0. The van der Waals surface area contributed by atoms with Crippen molar-refractivity contribution in [2.45, 2.75) is 137 Å². The van der Waals surface area contributed by atoms with Gasteiger partial charge >= 0.3 is 0 Å². The standard InChI is InChI=1S/C29H56O4/c1-23(2)13-10-15-25(4)17-12-19-26(5)18-11-16-24(3)14-8-9-20-31-21-27(30)28-22-32-29(6,7)33-28/h14,23,25-28,30H,8-13,15-22H2,1-7H3/b24-14+/t25?,26?,27-,28+/m1/s1. The highest BCUT2D eigenvalue weighted by Gasteiger charge is 2.36. The molecule has 0 spiro atoms. The van der Waals surface area contributed by atoms with E-state index in [0.29, 0.717) is 19.8 Å². The zero-order chi connectivity index (χ0) is 24.7. The van der Waals surface area contributed by atoms with E-state index in [1.165, 1.54) is 63.4 Å². The summed E-state index contributed by atoms with van der Waals surface area (Å²) in [4.78, 5) is 0. The summed E-state index contributed by atoms with van der Waals surface area (Å²) in [6.45, 7) is 16.9. The molecule has 0 aromatic rings. The molecule has 0 aliphatic carbocycles. The average molecular weight is 469 g/mol. The summed E-state index contributed by atoms with van der Waals surface area (Å²) >= 11 is 0. The fourth-order valence-electron chi connectivity index (χ4n) is 4.56. The number of aliphatic hydroxyl groups is 1. The number of hydrogen-bond acceptors (Lipinski definition) is 4. The molecule has 2 unspecified atom stereocenters. The van der Waals surface area contributed by atoms with Gasteiger partial charge in [-0.05, 0) is 64.2 Å². The highest BCUT2D eigenvalue weighted by Crippen LogP contribution is 2.24. The Hall–Kier alpha value is -0.420. The Bertz CT molecular complexity index is 514. The zero-order valence-corrected chi connectivity index (χ0v) is 23.0. The smallest absolute Gasteiger partial charge is 0.163 e. The van der Waals surface area contributed by atoms with Crippen LogP contribution in [0.3, 0.4) is 0 Å². The van der Waals surface area contributed by atoms with Gasteiger partial charge in [-0.15, -0.1) is 0 Å². The van der Waals surface area contributed by atoms with Gasteiger partial charge < -0.3 is 19.3 Å². The van der Waals surface area contributed by atoms with Crippen molar-refractivity contribution >= 4 is 0 Å². The second kappa shape index (κ2) is 17.1. The van der Waals surface area contributed by atoms with E-state index in [0.717, 1.165) is 30.6 Å². The van der Waals surface area contributed by atoms with Crippen LogP contribution in [-0.2, 0) is 14.2 Å². The lowest BCUT2D eigenvalue weighted by atomic mass is 9.91.